The number of hydrogen-bond donors (Lipinski definition) is 2. The van der Waals surface area contributed by atoms with Crippen molar-refractivity contribution in [3.05, 3.63) is 71.0 Å². The molecule has 0 saturated heterocycles. The summed E-state index contributed by atoms with van der Waals surface area (Å²) in [7, 11) is 4.01. The smallest absolute Gasteiger partial charge is 0.254 e. The van der Waals surface area contributed by atoms with Crippen molar-refractivity contribution in [2.24, 2.45) is 5.92 Å². The maximum absolute atomic E-state index is 13.2. The second kappa shape index (κ2) is 12.0. The summed E-state index contributed by atoms with van der Waals surface area (Å²) in [6.07, 6.45) is 7.49. The molecule has 2 aromatic carbocycles. The molecule has 1 saturated carbocycles. The van der Waals surface area contributed by atoms with Crippen molar-refractivity contribution in [3.63, 3.8) is 0 Å². The number of carbonyl (C=O) groups excluding carboxylic acids is 1. The van der Waals surface area contributed by atoms with Crippen LogP contribution in [0.4, 0.5) is 11.8 Å². The number of rotatable bonds is 9. The average Bonchev–Trinajstić information content (AvgIpc) is 3.36. The highest BCUT2D eigenvalue weighted by Gasteiger charge is 2.24. The topological polar surface area (TPSA) is 88.0 Å². The van der Waals surface area contributed by atoms with Gasteiger partial charge < -0.3 is 15.5 Å². The molecule has 0 atom stereocenters. The molecule has 0 spiro atoms. The number of fused-ring (bicyclic) bond motifs is 1. The van der Waals surface area contributed by atoms with Gasteiger partial charge in [0.25, 0.3) is 5.91 Å². The van der Waals surface area contributed by atoms with E-state index in [1.807, 2.05) is 66.1 Å². The fourth-order valence-electron chi connectivity index (χ4n) is 5.34. The van der Waals surface area contributed by atoms with Gasteiger partial charge in [-0.1, -0.05) is 37.1 Å². The van der Waals surface area contributed by atoms with E-state index in [-0.39, 0.29) is 5.91 Å². The van der Waals surface area contributed by atoms with Crippen LogP contribution < -0.4 is 15.5 Å². The summed E-state index contributed by atoms with van der Waals surface area (Å²) >= 11 is 6.05. The molecule has 0 unspecified atom stereocenters. The molecule has 9 heteroatoms. The summed E-state index contributed by atoms with van der Waals surface area (Å²) in [6.45, 7) is 2.78. The van der Waals surface area contributed by atoms with Crippen molar-refractivity contribution >= 4 is 40.2 Å². The van der Waals surface area contributed by atoms with Crippen LogP contribution in [0.2, 0.25) is 5.02 Å². The lowest BCUT2D eigenvalue weighted by molar-refractivity contribution is 0.0942. The lowest BCUT2D eigenvalue weighted by atomic mass is 9.86. The Kier molecular flexibility index (Phi) is 8.31. The second-order valence-corrected chi connectivity index (χ2v) is 10.9. The number of nitrogens with one attached hydrogen (secondary N) is 2. The quantitative estimate of drug-likeness (QED) is 0.273. The van der Waals surface area contributed by atoms with Crippen molar-refractivity contribution < 1.29 is 4.79 Å². The van der Waals surface area contributed by atoms with Crippen LogP contribution in [0.25, 0.3) is 16.6 Å². The normalized spacial score (nSPS) is 17.2. The molecule has 204 valence electrons. The number of aromatic nitrogens is 4. The van der Waals surface area contributed by atoms with Gasteiger partial charge in [0.05, 0.1) is 28.7 Å². The Hall–Kier alpha value is -3.65. The van der Waals surface area contributed by atoms with Gasteiger partial charge in [0.15, 0.2) is 0 Å². The Bertz CT molecular complexity index is 1430. The molecule has 2 aromatic heterocycles. The molecule has 0 bridgehead atoms. The van der Waals surface area contributed by atoms with E-state index in [4.69, 9.17) is 21.6 Å². The maximum atomic E-state index is 13.2. The number of anilines is 2. The Morgan fingerprint density at radius 3 is 2.51 bits per heavy atom. The zero-order valence-electron chi connectivity index (χ0n) is 22.8. The van der Waals surface area contributed by atoms with E-state index >= 15 is 0 Å². The molecular weight excluding hydrogens is 510 g/mol. The van der Waals surface area contributed by atoms with Gasteiger partial charge in [-0.2, -0.15) is 10.1 Å². The minimum Gasteiger partial charge on any atom is -0.362 e. The summed E-state index contributed by atoms with van der Waals surface area (Å²) in [5.41, 5.74) is 3.42. The first-order valence-corrected chi connectivity index (χ1v) is 14.1. The van der Waals surface area contributed by atoms with Crippen molar-refractivity contribution in [3.8, 4) is 5.69 Å². The number of carbonyl (C=O) groups is 1. The first-order valence-electron chi connectivity index (χ1n) is 13.7. The predicted octanol–water partition coefficient (Wildman–Crippen LogP) is 5.89. The number of nitrogens with zero attached hydrogens (tertiary/aromatic N) is 5. The Balaban J connectivity index is 1.17. The third kappa shape index (κ3) is 6.17. The fourth-order valence-corrected chi connectivity index (χ4v) is 5.46. The molecule has 1 aliphatic carbocycles. The predicted molar refractivity (Wildman–Crippen MR) is 158 cm³/mol. The molecule has 0 radical (unpaired) electrons. The second-order valence-electron chi connectivity index (χ2n) is 10.5. The van der Waals surface area contributed by atoms with Crippen LogP contribution >= 0.6 is 11.6 Å². The van der Waals surface area contributed by atoms with E-state index < -0.39 is 0 Å². The van der Waals surface area contributed by atoms with E-state index in [2.05, 4.69) is 28.7 Å². The van der Waals surface area contributed by atoms with Crippen LogP contribution in [-0.4, -0.2) is 52.3 Å². The molecule has 39 heavy (non-hydrogen) atoms. The lowest BCUT2D eigenvalue weighted by Gasteiger charge is -2.29. The minimum absolute atomic E-state index is 0.0558. The van der Waals surface area contributed by atoms with Crippen LogP contribution in [0.1, 0.15) is 55.1 Å². The van der Waals surface area contributed by atoms with E-state index in [0.717, 1.165) is 66.6 Å². The number of hydrogen-bond acceptors (Lipinski definition) is 6. The van der Waals surface area contributed by atoms with E-state index in [0.29, 0.717) is 35.0 Å². The highest BCUT2D eigenvalue weighted by molar-refractivity contribution is 6.30. The summed E-state index contributed by atoms with van der Waals surface area (Å²) in [5, 5.41) is 13.0. The molecular formula is C30H36ClN7O. The highest BCUT2D eigenvalue weighted by Crippen LogP contribution is 2.28. The van der Waals surface area contributed by atoms with Crippen molar-refractivity contribution in [2.45, 2.75) is 51.5 Å². The van der Waals surface area contributed by atoms with Gasteiger partial charge in [-0.05, 0) is 74.4 Å². The van der Waals surface area contributed by atoms with Crippen molar-refractivity contribution in [1.29, 1.82) is 0 Å². The third-order valence-electron chi connectivity index (χ3n) is 7.41. The number of para-hydroxylation sites is 1. The highest BCUT2D eigenvalue weighted by atomic mass is 35.5. The molecule has 1 amide bonds. The number of benzene rings is 2. The van der Waals surface area contributed by atoms with Crippen molar-refractivity contribution in [1.82, 2.24) is 25.1 Å². The van der Waals surface area contributed by atoms with Crippen molar-refractivity contribution in [2.75, 3.05) is 30.9 Å². The fraction of sp³-hybridized carbons (Fsp3) is 0.400. The summed E-state index contributed by atoms with van der Waals surface area (Å²) in [5.74, 6) is 1.99. The van der Waals surface area contributed by atoms with E-state index in [1.165, 1.54) is 0 Å². The molecule has 1 fully saturated rings. The molecule has 0 aliphatic heterocycles. The minimum atomic E-state index is -0.0558. The van der Waals surface area contributed by atoms with Gasteiger partial charge in [0, 0.05) is 37.1 Å². The van der Waals surface area contributed by atoms with E-state index in [9.17, 15) is 4.79 Å². The van der Waals surface area contributed by atoms with Gasteiger partial charge >= 0.3 is 0 Å². The van der Waals surface area contributed by atoms with Crippen LogP contribution in [0.3, 0.4) is 0 Å². The van der Waals surface area contributed by atoms with Gasteiger partial charge in [-0.3, -0.25) is 4.79 Å². The van der Waals surface area contributed by atoms with Crippen LogP contribution in [0.15, 0.2) is 54.7 Å². The molecule has 2 heterocycles. The first kappa shape index (κ1) is 26.9. The average molecular weight is 546 g/mol. The van der Waals surface area contributed by atoms with Gasteiger partial charge in [0.2, 0.25) is 5.95 Å². The van der Waals surface area contributed by atoms with Gasteiger partial charge in [-0.15, -0.1) is 0 Å². The Morgan fingerprint density at radius 1 is 1.05 bits per heavy atom. The zero-order valence-corrected chi connectivity index (χ0v) is 23.6. The number of amides is 1. The standard InChI is InChI=1S/C30H36ClN7O/c1-4-7-27-25(19-33-38(27)23-16-12-21(31)13-17-23)29(39)32-18-20-10-14-22(15-11-20)34-30-35-26-9-6-5-8-24(26)28(36-30)37(2)3/h5-6,8-9,12-13,16-17,19-20,22H,4,7,10-11,14-15,18H2,1-3H3,(H,32,39)(H,34,35,36)/t20-,22+. The number of halogens is 1. The zero-order chi connectivity index (χ0) is 27.4. The van der Waals surface area contributed by atoms with Crippen LogP contribution in [0.5, 0.6) is 0 Å². The van der Waals surface area contributed by atoms with Gasteiger partial charge in [-0.25, -0.2) is 9.67 Å². The monoisotopic (exact) mass is 545 g/mol. The SMILES string of the molecule is CCCc1c(C(=O)NC[C@H]2CC[C@@H](Nc3nc(N(C)C)c4ccccc4n3)CC2)cnn1-c1ccc(Cl)cc1. The summed E-state index contributed by atoms with van der Waals surface area (Å²) in [6, 6.07) is 16.0. The van der Waals surface area contributed by atoms with E-state index in [1.54, 1.807) is 6.20 Å². The molecule has 1 aliphatic rings. The molecule has 4 aromatic rings. The Morgan fingerprint density at radius 2 is 1.79 bits per heavy atom. The summed E-state index contributed by atoms with van der Waals surface area (Å²) < 4.78 is 1.85. The van der Waals surface area contributed by atoms with Gasteiger partial charge in [0.1, 0.15) is 5.82 Å². The van der Waals surface area contributed by atoms with Crippen LogP contribution in [-0.2, 0) is 6.42 Å². The molecule has 2 N–H and O–H groups in total. The maximum Gasteiger partial charge on any atom is 0.254 e. The summed E-state index contributed by atoms with van der Waals surface area (Å²) in [4.78, 5) is 24.7. The lowest BCUT2D eigenvalue weighted by Crippen LogP contribution is -2.34. The molecule has 5 rings (SSSR count). The first-order chi connectivity index (χ1) is 18.9. The Labute approximate surface area is 234 Å². The third-order valence-corrected chi connectivity index (χ3v) is 7.66. The largest absolute Gasteiger partial charge is 0.362 e. The van der Waals surface area contributed by atoms with Crippen LogP contribution in [0, 0.1) is 5.92 Å². The molecule has 8 nitrogen and oxygen atoms in total.